The lowest BCUT2D eigenvalue weighted by atomic mass is 10.1. The van der Waals surface area contributed by atoms with Crippen LogP contribution in [0.15, 0.2) is 49.8 Å². The molecule has 0 saturated carbocycles. The normalized spacial score (nSPS) is 23.3. The van der Waals surface area contributed by atoms with Crippen LogP contribution in [0.2, 0.25) is 15.1 Å². The third-order valence-electron chi connectivity index (χ3n) is 7.43. The maximum absolute atomic E-state index is 14.7. The summed E-state index contributed by atoms with van der Waals surface area (Å²) in [5, 5.41) is 1.65. The molecule has 3 unspecified atom stereocenters. The lowest BCUT2D eigenvalue weighted by Gasteiger charge is -2.28. The van der Waals surface area contributed by atoms with Gasteiger partial charge >= 0.3 is 7.82 Å². The van der Waals surface area contributed by atoms with Gasteiger partial charge in [-0.1, -0.05) is 53.0 Å². The Morgan fingerprint density at radius 2 is 0.868 bits per heavy atom. The zero-order valence-corrected chi connectivity index (χ0v) is 27.7. The first-order chi connectivity index (χ1) is 18.1. The van der Waals surface area contributed by atoms with E-state index in [0.29, 0.717) is 34.3 Å². The van der Waals surface area contributed by atoms with Crippen LogP contribution < -0.4 is 0 Å². The summed E-state index contributed by atoms with van der Waals surface area (Å²) in [6.45, 7) is 0. The molecule has 3 aromatic carbocycles. The van der Waals surface area contributed by atoms with E-state index < -0.39 is 26.1 Å². The van der Waals surface area contributed by atoms with E-state index in [1.54, 1.807) is 0 Å². The van der Waals surface area contributed by atoms with E-state index in [4.69, 9.17) is 48.4 Å². The first-order valence-corrected chi connectivity index (χ1v) is 17.2. The molecule has 38 heavy (non-hydrogen) atoms. The Morgan fingerprint density at radius 3 is 1.16 bits per heavy atom. The Kier molecular flexibility index (Phi) is 8.21. The molecule has 0 bridgehead atoms. The highest BCUT2D eigenvalue weighted by atomic mass is 79.9. The fourth-order valence-corrected chi connectivity index (χ4v) is 9.34. The highest BCUT2D eigenvalue weighted by molar-refractivity contribution is 9.11. The predicted octanol–water partition coefficient (Wildman–Crippen LogP) is 11.5. The number of halogens is 6. The highest BCUT2D eigenvalue weighted by Gasteiger charge is 2.44. The van der Waals surface area contributed by atoms with Gasteiger partial charge in [0.05, 0.1) is 33.4 Å². The SMILES string of the molecule is O=P(OC1CCc2ccc(Br)c(Cl)c21)(OC1CCc2ccc(Br)c(Cl)c21)OC1CCc2ccc(Br)c(Cl)c21. The van der Waals surface area contributed by atoms with Gasteiger partial charge in [-0.3, -0.25) is 13.6 Å². The Bertz CT molecular complexity index is 1330. The van der Waals surface area contributed by atoms with Crippen molar-refractivity contribution < 1.29 is 18.1 Å². The van der Waals surface area contributed by atoms with Crippen LogP contribution in [0, 0.1) is 0 Å². The van der Waals surface area contributed by atoms with E-state index in [1.807, 2.05) is 36.4 Å². The molecule has 200 valence electrons. The minimum absolute atomic E-state index is 0.543. The van der Waals surface area contributed by atoms with Gasteiger partial charge in [-0.05, 0) is 121 Å². The largest absolute Gasteiger partial charge is 0.476 e. The lowest BCUT2D eigenvalue weighted by molar-refractivity contribution is 0.0303. The quantitative estimate of drug-likeness (QED) is 0.234. The molecule has 3 aliphatic carbocycles. The number of hydrogen-bond acceptors (Lipinski definition) is 4. The topological polar surface area (TPSA) is 44.8 Å². The van der Waals surface area contributed by atoms with Crippen LogP contribution >= 0.6 is 90.4 Å². The van der Waals surface area contributed by atoms with Crippen molar-refractivity contribution in [1.29, 1.82) is 0 Å². The third kappa shape index (κ3) is 5.12. The summed E-state index contributed by atoms with van der Waals surface area (Å²) < 4.78 is 36.0. The number of rotatable bonds is 6. The van der Waals surface area contributed by atoms with Gasteiger partial charge in [-0.25, -0.2) is 4.57 Å². The molecule has 11 heteroatoms. The second-order valence-electron chi connectivity index (χ2n) is 9.65. The number of fused-ring (bicyclic) bond motifs is 3. The summed E-state index contributed by atoms with van der Waals surface area (Å²) in [6, 6.07) is 11.8. The predicted molar refractivity (Wildman–Crippen MR) is 162 cm³/mol. The maximum atomic E-state index is 14.7. The van der Waals surface area contributed by atoms with E-state index in [1.165, 1.54) is 0 Å². The van der Waals surface area contributed by atoms with E-state index in [2.05, 4.69) is 47.8 Å². The average Bonchev–Trinajstić information content (AvgIpc) is 3.59. The van der Waals surface area contributed by atoms with Crippen LogP contribution in [0.1, 0.15) is 71.0 Å². The molecule has 0 aliphatic heterocycles. The van der Waals surface area contributed by atoms with E-state index >= 15 is 0 Å². The minimum Gasteiger partial charge on any atom is -0.279 e. The molecule has 0 fully saturated rings. The number of phosphoric ester groups is 1. The van der Waals surface area contributed by atoms with Crippen molar-refractivity contribution in [3.05, 3.63) is 98.3 Å². The summed E-state index contributed by atoms with van der Waals surface area (Å²) in [5.74, 6) is 0. The molecule has 3 aliphatic rings. The smallest absolute Gasteiger partial charge is 0.279 e. The Balaban J connectivity index is 1.37. The van der Waals surface area contributed by atoms with Gasteiger partial charge in [0.15, 0.2) is 0 Å². The molecule has 0 N–H and O–H groups in total. The van der Waals surface area contributed by atoms with E-state index in [0.717, 1.165) is 66.1 Å². The second kappa shape index (κ2) is 11.1. The van der Waals surface area contributed by atoms with Crippen molar-refractivity contribution in [3.63, 3.8) is 0 Å². The Labute approximate surface area is 261 Å². The fourth-order valence-electron chi connectivity index (χ4n) is 5.67. The molecule has 3 aromatic rings. The first kappa shape index (κ1) is 28.2. The number of benzene rings is 3. The molecule has 0 spiro atoms. The molecule has 0 saturated heterocycles. The molecule has 4 nitrogen and oxygen atoms in total. The minimum atomic E-state index is -4.16. The van der Waals surface area contributed by atoms with Gasteiger partial charge in [0.25, 0.3) is 0 Å². The maximum Gasteiger partial charge on any atom is 0.476 e. The van der Waals surface area contributed by atoms with Crippen LogP contribution in [-0.4, -0.2) is 0 Å². The molecule has 0 radical (unpaired) electrons. The Hall–Kier alpha value is 0.0800. The summed E-state index contributed by atoms with van der Waals surface area (Å²) in [7, 11) is -4.16. The zero-order valence-electron chi connectivity index (χ0n) is 19.8. The van der Waals surface area contributed by atoms with Gasteiger partial charge in [0, 0.05) is 30.1 Å². The first-order valence-electron chi connectivity index (χ1n) is 12.2. The number of aryl methyl sites for hydroxylation is 3. The van der Waals surface area contributed by atoms with Crippen molar-refractivity contribution in [1.82, 2.24) is 0 Å². The fraction of sp³-hybridized carbons (Fsp3) is 0.333. The third-order valence-corrected chi connectivity index (χ3v) is 12.9. The summed E-state index contributed by atoms with van der Waals surface area (Å²) in [4.78, 5) is 0. The van der Waals surface area contributed by atoms with E-state index in [9.17, 15) is 4.57 Å². The molecule has 0 aromatic heterocycles. The molecule has 6 rings (SSSR count). The number of phosphoric acid groups is 1. The standard InChI is InChI=1S/C27H21Br3Cl3O4P/c28-16-7-1-13-4-10-19(22(13)25(16)31)35-38(34,36-20-11-5-14-2-8-17(29)26(32)23(14)20)37-21-12-6-15-3-9-18(30)27(33)24(15)21/h1-3,7-9,19-21H,4-6,10-12H2. The van der Waals surface area contributed by atoms with Gasteiger partial charge in [-0.15, -0.1) is 0 Å². The van der Waals surface area contributed by atoms with Gasteiger partial charge in [0.1, 0.15) is 0 Å². The van der Waals surface area contributed by atoms with Crippen molar-refractivity contribution >= 4 is 90.4 Å². The van der Waals surface area contributed by atoms with Crippen LogP contribution in [0.3, 0.4) is 0 Å². The lowest BCUT2D eigenvalue weighted by Crippen LogP contribution is -2.11. The zero-order chi connectivity index (χ0) is 26.8. The van der Waals surface area contributed by atoms with Crippen LogP contribution in [0.25, 0.3) is 0 Å². The van der Waals surface area contributed by atoms with Crippen LogP contribution in [0.5, 0.6) is 0 Å². The van der Waals surface area contributed by atoms with Crippen LogP contribution in [0.4, 0.5) is 0 Å². The van der Waals surface area contributed by atoms with E-state index in [-0.39, 0.29) is 0 Å². The average molecular weight is 787 g/mol. The molecular formula is C27H21Br3Cl3O4P. The van der Waals surface area contributed by atoms with Gasteiger partial charge < -0.3 is 0 Å². The molecule has 0 amide bonds. The van der Waals surface area contributed by atoms with Crippen molar-refractivity contribution in [2.24, 2.45) is 0 Å². The molecular weight excluding hydrogens is 765 g/mol. The summed E-state index contributed by atoms with van der Waals surface area (Å²) in [5.41, 5.74) is 5.62. The molecule has 3 atom stereocenters. The summed E-state index contributed by atoms with van der Waals surface area (Å²) >= 11 is 30.5. The highest BCUT2D eigenvalue weighted by Crippen LogP contribution is 2.64. The monoisotopic (exact) mass is 782 g/mol. The van der Waals surface area contributed by atoms with Gasteiger partial charge in [-0.2, -0.15) is 0 Å². The Morgan fingerprint density at radius 1 is 0.579 bits per heavy atom. The van der Waals surface area contributed by atoms with Crippen molar-refractivity contribution in [3.8, 4) is 0 Å². The van der Waals surface area contributed by atoms with Crippen LogP contribution in [-0.2, 0) is 37.4 Å². The molecule has 0 heterocycles. The number of hydrogen-bond donors (Lipinski definition) is 0. The van der Waals surface area contributed by atoms with Crippen molar-refractivity contribution in [2.45, 2.75) is 56.8 Å². The van der Waals surface area contributed by atoms with Crippen molar-refractivity contribution in [2.75, 3.05) is 0 Å². The summed E-state index contributed by atoms with van der Waals surface area (Å²) in [6.07, 6.45) is 2.47. The second-order valence-corrected chi connectivity index (χ2v) is 14.9. The van der Waals surface area contributed by atoms with Gasteiger partial charge in [0.2, 0.25) is 0 Å².